The van der Waals surface area contributed by atoms with Crippen LogP contribution >= 0.6 is 0 Å². The van der Waals surface area contributed by atoms with E-state index in [4.69, 9.17) is 0 Å². The van der Waals surface area contributed by atoms with Crippen LogP contribution in [0.4, 0.5) is 10.1 Å². The van der Waals surface area contributed by atoms with E-state index in [1.807, 2.05) is 18.2 Å². The van der Waals surface area contributed by atoms with Crippen molar-refractivity contribution in [2.24, 2.45) is 0 Å². The first-order valence-corrected chi connectivity index (χ1v) is 5.89. The highest BCUT2D eigenvalue weighted by atomic mass is 19.1. The van der Waals surface area contributed by atoms with E-state index < -0.39 is 6.17 Å². The van der Waals surface area contributed by atoms with Crippen LogP contribution in [0.5, 0.6) is 0 Å². The second-order valence-corrected chi connectivity index (χ2v) is 4.40. The molecular weight excluding hydrogens is 203 g/mol. The maximum Gasteiger partial charge on any atom is 0.122 e. The monoisotopic (exact) mass is 222 g/mol. The van der Waals surface area contributed by atoms with E-state index in [0.29, 0.717) is 0 Å². The third-order valence-corrected chi connectivity index (χ3v) is 3.14. The van der Waals surface area contributed by atoms with Gasteiger partial charge in [0.2, 0.25) is 0 Å². The molecule has 0 amide bonds. The van der Waals surface area contributed by atoms with E-state index in [1.54, 1.807) is 6.92 Å². The van der Waals surface area contributed by atoms with Gasteiger partial charge in [0.25, 0.3) is 0 Å². The molecule has 1 aromatic rings. The van der Waals surface area contributed by atoms with Crippen molar-refractivity contribution in [3.8, 4) is 0 Å². The summed E-state index contributed by atoms with van der Waals surface area (Å²) in [6, 6.07) is 5.91. The topological polar surface area (TPSA) is 15.3 Å². The Morgan fingerprint density at radius 3 is 2.56 bits per heavy atom. The van der Waals surface area contributed by atoms with Crippen molar-refractivity contribution in [3.05, 3.63) is 29.3 Å². The number of benzene rings is 1. The van der Waals surface area contributed by atoms with Gasteiger partial charge in [-0.25, -0.2) is 4.39 Å². The summed E-state index contributed by atoms with van der Waals surface area (Å²) in [5, 5.41) is 3.33. The second kappa shape index (κ2) is 4.83. The molecule has 0 spiro atoms. The van der Waals surface area contributed by atoms with Gasteiger partial charge < -0.3 is 10.2 Å². The molecule has 1 aliphatic heterocycles. The molecule has 1 aromatic carbocycles. The molecule has 2 rings (SSSR count). The molecule has 0 aliphatic carbocycles. The fourth-order valence-corrected chi connectivity index (χ4v) is 2.19. The smallest absolute Gasteiger partial charge is 0.122 e. The van der Waals surface area contributed by atoms with Crippen molar-refractivity contribution >= 4 is 5.69 Å². The SMILES string of the molecule is Cc1cc(C(C)F)ccc1N1CCNCC1. The van der Waals surface area contributed by atoms with Gasteiger partial charge in [0.1, 0.15) is 6.17 Å². The number of rotatable bonds is 2. The summed E-state index contributed by atoms with van der Waals surface area (Å²) < 4.78 is 13.2. The van der Waals surface area contributed by atoms with Gasteiger partial charge in [0, 0.05) is 31.9 Å². The van der Waals surface area contributed by atoms with E-state index in [9.17, 15) is 4.39 Å². The van der Waals surface area contributed by atoms with E-state index in [0.717, 1.165) is 31.7 Å². The van der Waals surface area contributed by atoms with E-state index >= 15 is 0 Å². The Balaban J connectivity index is 2.21. The first-order valence-electron chi connectivity index (χ1n) is 5.89. The standard InChI is InChI=1S/C13H19FN2/c1-10-9-12(11(2)14)3-4-13(10)16-7-5-15-6-8-16/h3-4,9,11,15H,5-8H2,1-2H3. The Hall–Kier alpha value is -1.09. The number of aryl methyl sites for hydroxylation is 1. The highest BCUT2D eigenvalue weighted by Gasteiger charge is 2.13. The lowest BCUT2D eigenvalue weighted by atomic mass is 10.1. The third-order valence-electron chi connectivity index (χ3n) is 3.14. The molecule has 0 saturated carbocycles. The largest absolute Gasteiger partial charge is 0.369 e. The Labute approximate surface area is 96.5 Å². The summed E-state index contributed by atoms with van der Waals surface area (Å²) in [6.07, 6.45) is -0.879. The van der Waals surface area contributed by atoms with Crippen molar-refractivity contribution in [1.29, 1.82) is 0 Å². The van der Waals surface area contributed by atoms with Gasteiger partial charge in [-0.2, -0.15) is 0 Å². The lowest BCUT2D eigenvalue weighted by Gasteiger charge is -2.31. The molecule has 2 nitrogen and oxygen atoms in total. The van der Waals surface area contributed by atoms with Crippen LogP contribution in [0.25, 0.3) is 0 Å². The average molecular weight is 222 g/mol. The van der Waals surface area contributed by atoms with Crippen LogP contribution in [0, 0.1) is 6.92 Å². The first-order chi connectivity index (χ1) is 7.68. The summed E-state index contributed by atoms with van der Waals surface area (Å²) >= 11 is 0. The molecule has 1 fully saturated rings. The van der Waals surface area contributed by atoms with Crippen molar-refractivity contribution in [3.63, 3.8) is 0 Å². The van der Waals surface area contributed by atoms with Crippen molar-refractivity contribution < 1.29 is 4.39 Å². The zero-order valence-corrected chi connectivity index (χ0v) is 9.96. The average Bonchev–Trinajstić information content (AvgIpc) is 2.30. The molecule has 0 bridgehead atoms. The predicted molar refractivity (Wildman–Crippen MR) is 65.8 cm³/mol. The van der Waals surface area contributed by atoms with Crippen LogP contribution in [-0.4, -0.2) is 26.2 Å². The van der Waals surface area contributed by atoms with Crippen LogP contribution in [-0.2, 0) is 0 Å². The predicted octanol–water partition coefficient (Wildman–Crippen LogP) is 2.44. The number of nitrogens with one attached hydrogen (secondary N) is 1. The molecule has 88 valence electrons. The number of nitrogens with zero attached hydrogens (tertiary/aromatic N) is 1. The molecule has 1 N–H and O–H groups in total. The fraction of sp³-hybridized carbons (Fsp3) is 0.538. The molecular formula is C13H19FN2. The Morgan fingerprint density at radius 2 is 2.00 bits per heavy atom. The van der Waals surface area contributed by atoms with Crippen molar-refractivity contribution in [2.45, 2.75) is 20.0 Å². The quantitative estimate of drug-likeness (QED) is 0.826. The van der Waals surface area contributed by atoms with Gasteiger partial charge >= 0.3 is 0 Å². The van der Waals surface area contributed by atoms with E-state index in [1.165, 1.54) is 11.3 Å². The van der Waals surface area contributed by atoms with Gasteiger partial charge in [-0.15, -0.1) is 0 Å². The summed E-state index contributed by atoms with van der Waals surface area (Å²) in [7, 11) is 0. The fourth-order valence-electron chi connectivity index (χ4n) is 2.19. The lowest BCUT2D eigenvalue weighted by Crippen LogP contribution is -2.43. The van der Waals surface area contributed by atoms with Crippen LogP contribution < -0.4 is 10.2 Å². The molecule has 16 heavy (non-hydrogen) atoms. The van der Waals surface area contributed by atoms with Gasteiger partial charge in [-0.3, -0.25) is 0 Å². The molecule has 1 unspecified atom stereocenters. The van der Waals surface area contributed by atoms with Gasteiger partial charge in [0.15, 0.2) is 0 Å². The van der Waals surface area contributed by atoms with Crippen molar-refractivity contribution in [1.82, 2.24) is 5.32 Å². The van der Waals surface area contributed by atoms with Gasteiger partial charge in [-0.1, -0.05) is 12.1 Å². The number of halogens is 1. The molecule has 1 aliphatic rings. The van der Waals surface area contributed by atoms with Crippen LogP contribution in [0.2, 0.25) is 0 Å². The Morgan fingerprint density at radius 1 is 1.31 bits per heavy atom. The Bertz CT molecular complexity index is 357. The highest BCUT2D eigenvalue weighted by molar-refractivity contribution is 5.55. The minimum atomic E-state index is -0.879. The molecule has 0 aromatic heterocycles. The second-order valence-electron chi connectivity index (χ2n) is 4.40. The molecule has 0 radical (unpaired) electrons. The molecule has 3 heteroatoms. The minimum Gasteiger partial charge on any atom is -0.369 e. The number of hydrogen-bond donors (Lipinski definition) is 1. The Kier molecular flexibility index (Phi) is 3.44. The van der Waals surface area contributed by atoms with Crippen LogP contribution in [0.3, 0.4) is 0 Å². The number of alkyl halides is 1. The maximum atomic E-state index is 13.2. The molecule has 1 heterocycles. The van der Waals surface area contributed by atoms with E-state index in [-0.39, 0.29) is 0 Å². The molecule has 1 saturated heterocycles. The third kappa shape index (κ3) is 2.35. The number of piperazine rings is 1. The highest BCUT2D eigenvalue weighted by Crippen LogP contribution is 2.25. The summed E-state index contributed by atoms with van der Waals surface area (Å²) in [4.78, 5) is 2.36. The van der Waals surface area contributed by atoms with Gasteiger partial charge in [0.05, 0.1) is 0 Å². The van der Waals surface area contributed by atoms with Crippen LogP contribution in [0.1, 0.15) is 24.2 Å². The number of hydrogen-bond acceptors (Lipinski definition) is 2. The zero-order valence-electron chi connectivity index (χ0n) is 9.96. The van der Waals surface area contributed by atoms with Crippen molar-refractivity contribution in [2.75, 3.05) is 31.1 Å². The summed E-state index contributed by atoms with van der Waals surface area (Å²) in [5.41, 5.74) is 3.19. The maximum absolute atomic E-state index is 13.2. The lowest BCUT2D eigenvalue weighted by molar-refractivity contribution is 0.374. The van der Waals surface area contributed by atoms with E-state index in [2.05, 4.69) is 17.1 Å². The minimum absolute atomic E-state index is 0.774. The zero-order chi connectivity index (χ0) is 11.5. The number of anilines is 1. The van der Waals surface area contributed by atoms with Gasteiger partial charge in [-0.05, 0) is 31.0 Å². The summed E-state index contributed by atoms with van der Waals surface area (Å²) in [6.45, 7) is 7.76. The normalized spacial score (nSPS) is 18.6. The van der Waals surface area contributed by atoms with Crippen LogP contribution in [0.15, 0.2) is 18.2 Å². The first kappa shape index (κ1) is 11.4. The molecule has 1 atom stereocenters. The summed E-state index contributed by atoms with van der Waals surface area (Å²) in [5.74, 6) is 0.